The molecule has 5 heteroatoms. The number of β-amino-alcohol motifs (C(OH)–C–C–N with tert-alkyl or cyclic N) is 1. The molecule has 1 fully saturated rings. The smallest absolute Gasteiger partial charge is 0.119 e. The summed E-state index contributed by atoms with van der Waals surface area (Å²) in [6, 6.07) is 7.14. The third kappa shape index (κ3) is 4.99. The van der Waals surface area contributed by atoms with Crippen molar-refractivity contribution in [2.24, 2.45) is 0 Å². The summed E-state index contributed by atoms with van der Waals surface area (Å²) >= 11 is 5.79. The fourth-order valence-corrected chi connectivity index (χ4v) is 2.26. The lowest BCUT2D eigenvalue weighted by molar-refractivity contribution is -0.0361. The van der Waals surface area contributed by atoms with Crippen LogP contribution in [-0.4, -0.2) is 55.1 Å². The fraction of sp³-hybridized carbons (Fsp3) is 0.571. The summed E-state index contributed by atoms with van der Waals surface area (Å²) in [6.07, 6.45) is -0.265. The van der Waals surface area contributed by atoms with E-state index in [0.717, 1.165) is 25.4 Å². The van der Waals surface area contributed by atoms with Gasteiger partial charge in [0.25, 0.3) is 0 Å². The highest BCUT2D eigenvalue weighted by Gasteiger charge is 2.19. The largest absolute Gasteiger partial charge is 0.491 e. The molecule has 0 saturated carbocycles. The second kappa shape index (κ2) is 7.10. The maximum absolute atomic E-state index is 9.97. The number of halogens is 1. The van der Waals surface area contributed by atoms with Gasteiger partial charge in [-0.15, -0.1) is 0 Å². The Kier molecular flexibility index (Phi) is 5.45. The van der Waals surface area contributed by atoms with Crippen molar-refractivity contribution >= 4 is 11.6 Å². The predicted octanol–water partition coefficient (Wildman–Crippen LogP) is 1.80. The van der Waals surface area contributed by atoms with Gasteiger partial charge in [0.05, 0.1) is 12.7 Å². The summed E-state index contributed by atoms with van der Waals surface area (Å²) < 4.78 is 11.0. The van der Waals surface area contributed by atoms with E-state index in [2.05, 4.69) is 4.90 Å². The number of rotatable bonds is 5. The van der Waals surface area contributed by atoms with Crippen molar-refractivity contribution in [3.63, 3.8) is 0 Å². The molecule has 1 aliphatic heterocycles. The lowest BCUT2D eigenvalue weighted by atomic mass is 10.2. The van der Waals surface area contributed by atoms with Crippen LogP contribution in [0.5, 0.6) is 5.75 Å². The molecular formula is C14H20ClNO3. The molecule has 0 aliphatic carbocycles. The first-order valence-corrected chi connectivity index (χ1v) is 6.91. The van der Waals surface area contributed by atoms with Gasteiger partial charge in [-0.3, -0.25) is 4.90 Å². The van der Waals surface area contributed by atoms with Crippen LogP contribution in [0.25, 0.3) is 0 Å². The van der Waals surface area contributed by atoms with Crippen LogP contribution in [-0.2, 0) is 4.74 Å². The van der Waals surface area contributed by atoms with Gasteiger partial charge in [-0.2, -0.15) is 0 Å². The summed E-state index contributed by atoms with van der Waals surface area (Å²) in [6.45, 7) is 5.39. The van der Waals surface area contributed by atoms with E-state index in [1.807, 2.05) is 6.92 Å². The second-order valence-corrected chi connectivity index (χ2v) is 5.30. The molecule has 19 heavy (non-hydrogen) atoms. The zero-order chi connectivity index (χ0) is 13.7. The van der Waals surface area contributed by atoms with Crippen LogP contribution in [0.4, 0.5) is 0 Å². The van der Waals surface area contributed by atoms with Crippen molar-refractivity contribution in [1.82, 2.24) is 4.90 Å². The molecule has 1 aliphatic rings. The standard InChI is InChI=1S/C14H20ClNO3/c1-11-8-16(6-7-18-11)9-13(17)10-19-14-4-2-12(15)3-5-14/h2-5,11,13,17H,6-10H2,1H3. The third-order valence-electron chi connectivity index (χ3n) is 3.05. The number of nitrogens with zero attached hydrogens (tertiary/aromatic N) is 1. The van der Waals surface area contributed by atoms with Gasteiger partial charge in [-0.25, -0.2) is 0 Å². The third-order valence-corrected chi connectivity index (χ3v) is 3.30. The maximum atomic E-state index is 9.97. The molecule has 4 nitrogen and oxygen atoms in total. The minimum absolute atomic E-state index is 0.234. The first-order chi connectivity index (χ1) is 9.13. The number of ether oxygens (including phenoxy) is 2. The maximum Gasteiger partial charge on any atom is 0.119 e. The predicted molar refractivity (Wildman–Crippen MR) is 74.8 cm³/mol. The Morgan fingerprint density at radius 3 is 2.89 bits per heavy atom. The number of aliphatic hydroxyl groups is 1. The van der Waals surface area contributed by atoms with Gasteiger partial charge in [0.15, 0.2) is 0 Å². The Morgan fingerprint density at radius 1 is 1.47 bits per heavy atom. The van der Waals surface area contributed by atoms with Crippen molar-refractivity contribution in [3.8, 4) is 5.75 Å². The van der Waals surface area contributed by atoms with Gasteiger partial charge >= 0.3 is 0 Å². The number of benzene rings is 1. The van der Waals surface area contributed by atoms with Gasteiger partial charge in [0.2, 0.25) is 0 Å². The van der Waals surface area contributed by atoms with Crippen molar-refractivity contribution in [2.45, 2.75) is 19.1 Å². The molecule has 2 unspecified atom stereocenters. The van der Waals surface area contributed by atoms with Crippen molar-refractivity contribution in [3.05, 3.63) is 29.3 Å². The van der Waals surface area contributed by atoms with E-state index in [-0.39, 0.29) is 12.7 Å². The van der Waals surface area contributed by atoms with Crippen molar-refractivity contribution in [1.29, 1.82) is 0 Å². The quantitative estimate of drug-likeness (QED) is 0.896. The second-order valence-electron chi connectivity index (χ2n) is 4.86. The highest BCUT2D eigenvalue weighted by atomic mass is 35.5. The lowest BCUT2D eigenvalue weighted by Gasteiger charge is -2.32. The zero-order valence-corrected chi connectivity index (χ0v) is 11.8. The van der Waals surface area contributed by atoms with E-state index >= 15 is 0 Å². The summed E-state index contributed by atoms with van der Waals surface area (Å²) in [5.74, 6) is 0.721. The number of hydrogen-bond donors (Lipinski definition) is 1. The van der Waals surface area contributed by atoms with Crippen LogP contribution < -0.4 is 4.74 Å². The van der Waals surface area contributed by atoms with E-state index in [9.17, 15) is 5.11 Å². The Balaban J connectivity index is 1.72. The molecule has 106 valence electrons. The van der Waals surface area contributed by atoms with E-state index in [4.69, 9.17) is 21.1 Å². The van der Waals surface area contributed by atoms with E-state index in [0.29, 0.717) is 11.6 Å². The molecule has 0 spiro atoms. The minimum Gasteiger partial charge on any atom is -0.491 e. The van der Waals surface area contributed by atoms with E-state index < -0.39 is 6.10 Å². The Hall–Kier alpha value is -0.810. The molecule has 0 radical (unpaired) electrons. The number of aliphatic hydroxyl groups excluding tert-OH is 1. The monoisotopic (exact) mass is 285 g/mol. The summed E-state index contributed by atoms with van der Waals surface area (Å²) in [5.41, 5.74) is 0. The van der Waals surface area contributed by atoms with Gasteiger partial charge < -0.3 is 14.6 Å². The van der Waals surface area contributed by atoms with Crippen LogP contribution in [0.3, 0.4) is 0 Å². The summed E-state index contributed by atoms with van der Waals surface area (Å²) in [4.78, 5) is 2.20. The number of hydrogen-bond acceptors (Lipinski definition) is 4. The normalized spacial score (nSPS) is 22.2. The van der Waals surface area contributed by atoms with Crippen LogP contribution in [0, 0.1) is 0 Å². The molecule has 1 aromatic rings. The Morgan fingerprint density at radius 2 is 2.21 bits per heavy atom. The van der Waals surface area contributed by atoms with Gasteiger partial charge in [-0.05, 0) is 31.2 Å². The highest BCUT2D eigenvalue weighted by Crippen LogP contribution is 2.15. The SMILES string of the molecule is CC1CN(CC(O)COc2ccc(Cl)cc2)CCO1. The fourth-order valence-electron chi connectivity index (χ4n) is 2.13. The van der Waals surface area contributed by atoms with E-state index in [1.165, 1.54) is 0 Å². The van der Waals surface area contributed by atoms with Gasteiger partial charge in [0, 0.05) is 24.7 Å². The topological polar surface area (TPSA) is 41.9 Å². The Labute approximate surface area is 118 Å². The molecule has 0 amide bonds. The molecule has 0 aromatic heterocycles. The molecule has 1 N–H and O–H groups in total. The molecular weight excluding hydrogens is 266 g/mol. The van der Waals surface area contributed by atoms with Crippen LogP contribution in [0.2, 0.25) is 5.02 Å². The average Bonchev–Trinajstić information content (AvgIpc) is 2.38. The number of morpholine rings is 1. The van der Waals surface area contributed by atoms with Crippen LogP contribution in [0.15, 0.2) is 24.3 Å². The van der Waals surface area contributed by atoms with Gasteiger partial charge in [-0.1, -0.05) is 11.6 Å². The lowest BCUT2D eigenvalue weighted by Crippen LogP contribution is -2.45. The first kappa shape index (κ1) is 14.6. The van der Waals surface area contributed by atoms with Crippen molar-refractivity contribution < 1.29 is 14.6 Å². The highest BCUT2D eigenvalue weighted by molar-refractivity contribution is 6.30. The Bertz CT molecular complexity index is 385. The molecule has 1 heterocycles. The minimum atomic E-state index is -0.499. The molecule has 0 bridgehead atoms. The molecule has 1 aromatic carbocycles. The molecule has 2 atom stereocenters. The first-order valence-electron chi connectivity index (χ1n) is 6.54. The van der Waals surface area contributed by atoms with E-state index in [1.54, 1.807) is 24.3 Å². The van der Waals surface area contributed by atoms with Crippen LogP contribution >= 0.6 is 11.6 Å². The molecule has 1 saturated heterocycles. The van der Waals surface area contributed by atoms with Gasteiger partial charge in [0.1, 0.15) is 18.5 Å². The van der Waals surface area contributed by atoms with Crippen molar-refractivity contribution in [2.75, 3.05) is 32.8 Å². The average molecular weight is 286 g/mol. The zero-order valence-electron chi connectivity index (χ0n) is 11.1. The van der Waals surface area contributed by atoms with Crippen LogP contribution in [0.1, 0.15) is 6.92 Å². The summed E-state index contributed by atoms with van der Waals surface area (Å²) in [5, 5.41) is 10.6. The molecule has 2 rings (SSSR count). The summed E-state index contributed by atoms with van der Waals surface area (Å²) in [7, 11) is 0.